The third kappa shape index (κ3) is 1.93. The zero-order valence-corrected chi connectivity index (χ0v) is 7.14. The summed E-state index contributed by atoms with van der Waals surface area (Å²) in [6.45, 7) is 2.20. The summed E-state index contributed by atoms with van der Waals surface area (Å²) < 4.78 is 5.04. The number of rotatable bonds is 3. The quantitative estimate of drug-likeness (QED) is 0.654. The average Bonchev–Trinajstić information content (AvgIpc) is 1.82. The van der Waals surface area contributed by atoms with Gasteiger partial charge in [0.1, 0.15) is 0 Å². The van der Waals surface area contributed by atoms with Crippen molar-refractivity contribution in [3.05, 3.63) is 0 Å². The van der Waals surface area contributed by atoms with Gasteiger partial charge in [0.15, 0.2) is 0 Å². The lowest BCUT2D eigenvalue weighted by Gasteiger charge is -2.41. The summed E-state index contributed by atoms with van der Waals surface area (Å²) >= 11 is 0. The van der Waals surface area contributed by atoms with Gasteiger partial charge < -0.3 is 10.1 Å². The number of carbonyl (C=O) groups excluding carboxylic acids is 1. The van der Waals surface area contributed by atoms with Crippen molar-refractivity contribution in [2.24, 2.45) is 0 Å². The van der Waals surface area contributed by atoms with Gasteiger partial charge in [-0.2, -0.15) is 0 Å². The molecule has 0 unspecified atom stereocenters. The van der Waals surface area contributed by atoms with Gasteiger partial charge in [0.05, 0.1) is 12.1 Å². The van der Waals surface area contributed by atoms with E-state index in [1.54, 1.807) is 14.0 Å². The molecule has 1 aliphatic rings. The van der Waals surface area contributed by atoms with Crippen LogP contribution in [-0.2, 0) is 9.53 Å². The molecule has 3 nitrogen and oxygen atoms in total. The Kier molecular flexibility index (Phi) is 2.49. The van der Waals surface area contributed by atoms with Crippen molar-refractivity contribution in [2.75, 3.05) is 13.7 Å². The second-order valence-electron chi connectivity index (χ2n) is 3.25. The van der Waals surface area contributed by atoms with Crippen molar-refractivity contribution < 1.29 is 9.53 Å². The molecule has 1 rings (SSSR count). The fraction of sp³-hybridized carbons (Fsp3) is 0.875. The number of hydrogen-bond donors (Lipinski definition) is 1. The van der Waals surface area contributed by atoms with Gasteiger partial charge in [0, 0.05) is 14.0 Å². The molecule has 0 spiro atoms. The Bertz CT molecular complexity index is 152. The van der Waals surface area contributed by atoms with Crippen molar-refractivity contribution in [1.82, 2.24) is 5.32 Å². The highest BCUT2D eigenvalue weighted by Crippen LogP contribution is 2.31. The summed E-state index contributed by atoms with van der Waals surface area (Å²) in [7, 11) is 1.67. The minimum atomic E-state index is -0.0272. The fourth-order valence-corrected chi connectivity index (χ4v) is 1.56. The molecule has 1 N–H and O–H groups in total. The molecule has 3 heteroatoms. The molecule has 0 radical (unpaired) electrons. The van der Waals surface area contributed by atoms with Crippen LogP contribution in [0.1, 0.15) is 26.2 Å². The predicted molar refractivity (Wildman–Crippen MR) is 42.3 cm³/mol. The van der Waals surface area contributed by atoms with Gasteiger partial charge in [-0.1, -0.05) is 0 Å². The van der Waals surface area contributed by atoms with E-state index in [0.29, 0.717) is 6.61 Å². The Labute approximate surface area is 67.1 Å². The maximum atomic E-state index is 10.8. The van der Waals surface area contributed by atoms with E-state index in [1.165, 1.54) is 6.42 Å². The molecule has 0 aromatic carbocycles. The van der Waals surface area contributed by atoms with Crippen LogP contribution in [0.5, 0.6) is 0 Å². The van der Waals surface area contributed by atoms with E-state index in [-0.39, 0.29) is 11.4 Å². The van der Waals surface area contributed by atoms with Gasteiger partial charge in [-0.15, -0.1) is 0 Å². The highest BCUT2D eigenvalue weighted by molar-refractivity contribution is 5.74. The van der Waals surface area contributed by atoms with Crippen LogP contribution in [0, 0.1) is 0 Å². The van der Waals surface area contributed by atoms with Crippen molar-refractivity contribution >= 4 is 5.91 Å². The van der Waals surface area contributed by atoms with Crippen molar-refractivity contribution in [1.29, 1.82) is 0 Å². The number of nitrogens with one attached hydrogen (secondary N) is 1. The zero-order valence-electron chi connectivity index (χ0n) is 7.14. The first kappa shape index (κ1) is 8.53. The molecule has 1 saturated carbocycles. The summed E-state index contributed by atoms with van der Waals surface area (Å²) in [5.41, 5.74) is -0.0272. The fourth-order valence-electron chi connectivity index (χ4n) is 1.56. The molecule has 64 valence electrons. The first-order valence-corrected chi connectivity index (χ1v) is 3.96. The van der Waals surface area contributed by atoms with Crippen LogP contribution >= 0.6 is 0 Å². The molecular weight excluding hydrogens is 142 g/mol. The summed E-state index contributed by atoms with van der Waals surface area (Å²) in [6.07, 6.45) is 3.31. The number of ether oxygens (including phenoxy) is 1. The normalized spacial score (nSPS) is 20.5. The summed E-state index contributed by atoms with van der Waals surface area (Å²) in [5, 5.41) is 2.93. The maximum Gasteiger partial charge on any atom is 0.217 e. The number of carbonyl (C=O) groups is 1. The molecule has 11 heavy (non-hydrogen) atoms. The van der Waals surface area contributed by atoms with Crippen LogP contribution in [0.3, 0.4) is 0 Å². The molecule has 1 aliphatic carbocycles. The molecule has 1 amide bonds. The molecule has 0 aromatic heterocycles. The Hall–Kier alpha value is -0.570. The van der Waals surface area contributed by atoms with Gasteiger partial charge >= 0.3 is 0 Å². The Morgan fingerprint density at radius 3 is 2.55 bits per heavy atom. The summed E-state index contributed by atoms with van der Waals surface area (Å²) in [5.74, 6) is 0.0433. The third-order valence-corrected chi connectivity index (χ3v) is 2.17. The van der Waals surface area contributed by atoms with Gasteiger partial charge in [-0.3, -0.25) is 4.79 Å². The van der Waals surface area contributed by atoms with Crippen LogP contribution in [0.25, 0.3) is 0 Å². The minimum Gasteiger partial charge on any atom is -0.382 e. The SMILES string of the molecule is COCC1(NC(C)=O)CCC1. The molecule has 0 heterocycles. The standard InChI is InChI=1S/C8H15NO2/c1-7(10)9-8(6-11-2)4-3-5-8/h3-6H2,1-2H3,(H,9,10). The smallest absolute Gasteiger partial charge is 0.217 e. The van der Waals surface area contributed by atoms with Crippen molar-refractivity contribution in [3.63, 3.8) is 0 Å². The van der Waals surface area contributed by atoms with E-state index in [2.05, 4.69) is 5.32 Å². The van der Waals surface area contributed by atoms with Gasteiger partial charge in [0.2, 0.25) is 5.91 Å². The summed E-state index contributed by atoms with van der Waals surface area (Å²) in [6, 6.07) is 0. The average molecular weight is 157 g/mol. The van der Waals surface area contributed by atoms with Gasteiger partial charge in [-0.25, -0.2) is 0 Å². The van der Waals surface area contributed by atoms with Gasteiger partial charge in [-0.05, 0) is 19.3 Å². The van der Waals surface area contributed by atoms with E-state index in [1.807, 2.05) is 0 Å². The Morgan fingerprint density at radius 1 is 1.64 bits per heavy atom. The van der Waals surface area contributed by atoms with Crippen LogP contribution in [0.4, 0.5) is 0 Å². The monoisotopic (exact) mass is 157 g/mol. The second-order valence-corrected chi connectivity index (χ2v) is 3.25. The summed E-state index contributed by atoms with van der Waals surface area (Å²) in [4.78, 5) is 10.8. The van der Waals surface area contributed by atoms with Crippen LogP contribution in [-0.4, -0.2) is 25.2 Å². The highest BCUT2D eigenvalue weighted by atomic mass is 16.5. The number of hydrogen-bond acceptors (Lipinski definition) is 2. The zero-order chi connectivity index (χ0) is 8.32. The Morgan fingerprint density at radius 2 is 2.27 bits per heavy atom. The largest absolute Gasteiger partial charge is 0.382 e. The number of amides is 1. The molecular formula is C8H15NO2. The molecule has 0 aliphatic heterocycles. The third-order valence-electron chi connectivity index (χ3n) is 2.17. The maximum absolute atomic E-state index is 10.8. The first-order valence-electron chi connectivity index (χ1n) is 3.96. The number of methoxy groups -OCH3 is 1. The van der Waals surface area contributed by atoms with Crippen LogP contribution in [0.15, 0.2) is 0 Å². The van der Waals surface area contributed by atoms with E-state index in [4.69, 9.17) is 4.74 Å². The molecule has 0 bridgehead atoms. The minimum absolute atomic E-state index is 0.0272. The van der Waals surface area contributed by atoms with Crippen LogP contribution < -0.4 is 5.32 Å². The van der Waals surface area contributed by atoms with E-state index in [9.17, 15) is 4.79 Å². The predicted octanol–water partition coefficient (Wildman–Crippen LogP) is 0.692. The van der Waals surface area contributed by atoms with E-state index in [0.717, 1.165) is 12.8 Å². The molecule has 0 atom stereocenters. The molecule has 0 aromatic rings. The molecule has 0 saturated heterocycles. The first-order chi connectivity index (χ1) is 5.18. The lowest BCUT2D eigenvalue weighted by Crippen LogP contribution is -2.55. The topological polar surface area (TPSA) is 38.3 Å². The Balaban J connectivity index is 2.39. The van der Waals surface area contributed by atoms with Crippen molar-refractivity contribution in [2.45, 2.75) is 31.7 Å². The van der Waals surface area contributed by atoms with Gasteiger partial charge in [0.25, 0.3) is 0 Å². The lowest BCUT2D eigenvalue weighted by molar-refractivity contribution is -0.123. The van der Waals surface area contributed by atoms with E-state index < -0.39 is 0 Å². The van der Waals surface area contributed by atoms with Crippen molar-refractivity contribution in [3.8, 4) is 0 Å². The second kappa shape index (κ2) is 3.22. The highest BCUT2D eigenvalue weighted by Gasteiger charge is 2.37. The molecule has 1 fully saturated rings. The van der Waals surface area contributed by atoms with Crippen LogP contribution in [0.2, 0.25) is 0 Å². The lowest BCUT2D eigenvalue weighted by atomic mass is 9.77. The van der Waals surface area contributed by atoms with E-state index >= 15 is 0 Å².